The van der Waals surface area contributed by atoms with E-state index in [9.17, 15) is 14.4 Å². The maximum absolute atomic E-state index is 13.1. The molecule has 1 aromatic heterocycles. The third kappa shape index (κ3) is 11.9. The summed E-state index contributed by atoms with van der Waals surface area (Å²) in [4.78, 5) is 37.3. The minimum absolute atomic E-state index is 0.0199. The van der Waals surface area contributed by atoms with E-state index in [4.69, 9.17) is 9.84 Å². The van der Waals surface area contributed by atoms with Crippen LogP contribution in [-0.4, -0.2) is 68.9 Å². The molecule has 0 fully saturated rings. The number of nitrogens with one attached hydrogen (secondary N) is 3. The minimum atomic E-state index is -1.05. The number of hydrogen-bond acceptors (Lipinski definition) is 7. The summed E-state index contributed by atoms with van der Waals surface area (Å²) >= 11 is 0. The molecule has 0 saturated heterocycles. The number of H-pyrrole nitrogens is 1. The van der Waals surface area contributed by atoms with E-state index in [1.54, 1.807) is 11.9 Å². The van der Waals surface area contributed by atoms with Gasteiger partial charge in [-0.15, -0.1) is 5.10 Å². The summed E-state index contributed by atoms with van der Waals surface area (Å²) in [5.41, 5.74) is 5.51. The summed E-state index contributed by atoms with van der Waals surface area (Å²) in [7, 11) is 1.75. The first-order chi connectivity index (χ1) is 22.9. The monoisotopic (exact) mass is 641 g/mol. The Kier molecular flexibility index (Phi) is 13.7. The Hall–Kier alpha value is -5.26. The molecule has 12 nitrogen and oxygen atoms in total. The lowest BCUT2D eigenvalue weighted by molar-refractivity contribution is -0.132. The molecule has 0 aliphatic rings. The van der Waals surface area contributed by atoms with Crippen molar-refractivity contribution in [1.29, 1.82) is 0 Å². The molecule has 12 heteroatoms. The van der Waals surface area contributed by atoms with E-state index < -0.39 is 12.2 Å². The van der Waals surface area contributed by atoms with Crippen molar-refractivity contribution in [1.82, 2.24) is 36.2 Å². The highest BCUT2D eigenvalue weighted by Gasteiger charge is 2.24. The van der Waals surface area contributed by atoms with Crippen LogP contribution in [0.4, 0.5) is 9.59 Å². The van der Waals surface area contributed by atoms with Crippen LogP contribution in [0.25, 0.3) is 11.1 Å². The number of aromatic nitrogens is 4. The highest BCUT2D eigenvalue weighted by molar-refractivity contribution is 5.76. The van der Waals surface area contributed by atoms with Gasteiger partial charge in [0.2, 0.25) is 5.91 Å². The van der Waals surface area contributed by atoms with Gasteiger partial charge in [-0.2, -0.15) is 0 Å². The van der Waals surface area contributed by atoms with Crippen molar-refractivity contribution in [2.24, 2.45) is 0 Å². The molecule has 47 heavy (non-hydrogen) atoms. The number of carbonyl (C=O) groups excluding carboxylic acids is 2. The molecular weight excluding hydrogens is 598 g/mol. The molecule has 4 N–H and O–H groups in total. The molecule has 0 aliphatic carbocycles. The standard InChI is InChI=1S/C35H43N7O5/c1-42(31(33-38-40-41-39-33)12-6-8-23-36-34(44)45)32(43)22-17-27-15-20-30(21-16-27)29-18-13-26(14-19-29)9-5-7-24-37-35(46)47-25-28-10-3-2-4-11-28/h2-4,10-11,13-16,18-21,31,36H,5-9,12,17,22-25H2,1H3,(H,37,46)(H,44,45)(H,38,39,40,41)/t31-/m0/s1. The zero-order valence-electron chi connectivity index (χ0n) is 26.7. The molecular formula is C35H43N7O5. The minimum Gasteiger partial charge on any atom is -0.465 e. The molecule has 1 atom stereocenters. The number of tetrazole rings is 1. The van der Waals surface area contributed by atoms with Crippen LogP contribution in [0.5, 0.6) is 0 Å². The number of amides is 3. The van der Waals surface area contributed by atoms with E-state index in [1.807, 2.05) is 30.3 Å². The number of alkyl carbamates (subject to hydrolysis) is 1. The number of aryl methyl sites for hydroxylation is 2. The normalized spacial score (nSPS) is 11.4. The second-order valence-electron chi connectivity index (χ2n) is 11.4. The Bertz CT molecular complexity index is 1510. The fraction of sp³-hybridized carbons (Fsp3) is 0.371. The Morgan fingerprint density at radius 2 is 1.45 bits per heavy atom. The van der Waals surface area contributed by atoms with Gasteiger partial charge in [0.25, 0.3) is 0 Å². The fourth-order valence-electron chi connectivity index (χ4n) is 5.23. The summed E-state index contributed by atoms with van der Waals surface area (Å²) in [6.07, 6.45) is 4.22. The van der Waals surface area contributed by atoms with E-state index in [1.165, 1.54) is 5.56 Å². The predicted molar refractivity (Wildman–Crippen MR) is 177 cm³/mol. The summed E-state index contributed by atoms with van der Waals surface area (Å²) in [5, 5.41) is 28.0. The lowest BCUT2D eigenvalue weighted by atomic mass is 9.99. The topological polar surface area (TPSA) is 162 Å². The molecule has 0 spiro atoms. The van der Waals surface area contributed by atoms with Crippen LogP contribution < -0.4 is 10.6 Å². The predicted octanol–water partition coefficient (Wildman–Crippen LogP) is 5.69. The maximum atomic E-state index is 13.1. The molecule has 3 amide bonds. The lowest BCUT2D eigenvalue weighted by Crippen LogP contribution is -2.32. The van der Waals surface area contributed by atoms with E-state index >= 15 is 0 Å². The molecule has 3 aromatic carbocycles. The van der Waals surface area contributed by atoms with Crippen molar-refractivity contribution >= 4 is 18.1 Å². The van der Waals surface area contributed by atoms with Gasteiger partial charge < -0.3 is 25.4 Å². The average Bonchev–Trinajstić information content (AvgIpc) is 3.63. The Labute approximate surface area is 274 Å². The van der Waals surface area contributed by atoms with Crippen molar-refractivity contribution in [3.63, 3.8) is 0 Å². The Morgan fingerprint density at radius 1 is 0.809 bits per heavy atom. The number of ether oxygens (including phenoxy) is 1. The number of carbonyl (C=O) groups is 3. The highest BCUT2D eigenvalue weighted by Crippen LogP contribution is 2.24. The summed E-state index contributed by atoms with van der Waals surface area (Å²) < 4.78 is 5.24. The molecule has 0 aliphatic heterocycles. The van der Waals surface area contributed by atoms with Crippen molar-refractivity contribution in [2.75, 3.05) is 20.1 Å². The largest absolute Gasteiger partial charge is 0.465 e. The second kappa shape index (κ2) is 18.6. The molecule has 0 bridgehead atoms. The van der Waals surface area contributed by atoms with Gasteiger partial charge in [0.05, 0.1) is 6.04 Å². The Morgan fingerprint density at radius 3 is 2.09 bits per heavy atom. The van der Waals surface area contributed by atoms with Gasteiger partial charge in [0, 0.05) is 26.6 Å². The van der Waals surface area contributed by atoms with Gasteiger partial charge in [-0.1, -0.05) is 78.9 Å². The molecule has 4 aromatic rings. The van der Waals surface area contributed by atoms with Crippen molar-refractivity contribution in [3.8, 4) is 11.1 Å². The van der Waals surface area contributed by atoms with E-state index in [-0.39, 0.29) is 18.6 Å². The second-order valence-corrected chi connectivity index (χ2v) is 11.4. The van der Waals surface area contributed by atoms with E-state index in [2.05, 4.69) is 79.8 Å². The molecule has 248 valence electrons. The number of unbranched alkanes of at least 4 members (excludes halogenated alkanes) is 2. The first-order valence-corrected chi connectivity index (χ1v) is 16.0. The number of rotatable bonds is 18. The van der Waals surface area contributed by atoms with Gasteiger partial charge in [-0.05, 0) is 83.2 Å². The van der Waals surface area contributed by atoms with Crippen molar-refractivity contribution < 1.29 is 24.2 Å². The summed E-state index contributed by atoms with van der Waals surface area (Å²) in [6.45, 7) is 1.19. The molecule has 4 rings (SSSR count). The number of carboxylic acid groups (broad SMARTS) is 1. The number of benzene rings is 3. The van der Waals surface area contributed by atoms with Crippen LogP contribution in [0.2, 0.25) is 0 Å². The van der Waals surface area contributed by atoms with Gasteiger partial charge >= 0.3 is 12.2 Å². The number of hydrogen-bond donors (Lipinski definition) is 4. The zero-order valence-corrected chi connectivity index (χ0v) is 26.7. The third-order valence-corrected chi connectivity index (χ3v) is 7.96. The van der Waals surface area contributed by atoms with Crippen molar-refractivity contribution in [3.05, 3.63) is 101 Å². The SMILES string of the molecule is CN(C(=O)CCc1ccc(-c2ccc(CCCCNC(=O)OCc3ccccc3)cc2)cc1)[C@@H](CCCCNC(=O)O)c1nnn[nH]1. The fourth-order valence-corrected chi connectivity index (χ4v) is 5.23. The summed E-state index contributed by atoms with van der Waals surface area (Å²) in [5.74, 6) is 0.490. The maximum Gasteiger partial charge on any atom is 0.407 e. The van der Waals surface area contributed by atoms with Gasteiger partial charge in [-0.3, -0.25) is 4.79 Å². The van der Waals surface area contributed by atoms with Crippen LogP contribution in [0.3, 0.4) is 0 Å². The lowest BCUT2D eigenvalue weighted by Gasteiger charge is -2.26. The highest BCUT2D eigenvalue weighted by atomic mass is 16.5. The van der Waals surface area contributed by atoms with Crippen LogP contribution >= 0.6 is 0 Å². The number of aromatic amines is 1. The van der Waals surface area contributed by atoms with E-state index in [0.29, 0.717) is 51.0 Å². The summed E-state index contributed by atoms with van der Waals surface area (Å²) in [6, 6.07) is 26.1. The molecule has 0 saturated carbocycles. The van der Waals surface area contributed by atoms with Crippen molar-refractivity contribution in [2.45, 2.75) is 64.0 Å². The van der Waals surface area contributed by atoms with Crippen LogP contribution in [0, 0.1) is 0 Å². The molecule has 0 unspecified atom stereocenters. The average molecular weight is 642 g/mol. The van der Waals surface area contributed by atoms with Gasteiger partial charge in [-0.25, -0.2) is 14.7 Å². The van der Waals surface area contributed by atoms with Gasteiger partial charge in [0.15, 0.2) is 5.82 Å². The molecule has 1 heterocycles. The first-order valence-electron chi connectivity index (χ1n) is 16.0. The zero-order chi connectivity index (χ0) is 33.3. The number of nitrogens with zero attached hydrogens (tertiary/aromatic N) is 4. The third-order valence-electron chi connectivity index (χ3n) is 7.96. The van der Waals surface area contributed by atoms with Crippen LogP contribution in [0.1, 0.15) is 67.1 Å². The quantitative estimate of drug-likeness (QED) is 0.101. The molecule has 0 radical (unpaired) electrons. The Balaban J connectivity index is 1.16. The van der Waals surface area contributed by atoms with Gasteiger partial charge in [0.1, 0.15) is 6.61 Å². The van der Waals surface area contributed by atoms with E-state index in [0.717, 1.165) is 41.5 Å². The van der Waals surface area contributed by atoms with Crippen LogP contribution in [0.15, 0.2) is 78.9 Å². The first kappa shape index (κ1) is 34.6. The smallest absolute Gasteiger partial charge is 0.407 e. The van der Waals surface area contributed by atoms with Crippen LogP contribution in [-0.2, 0) is 29.0 Å².